The summed E-state index contributed by atoms with van der Waals surface area (Å²) in [6.45, 7) is 6.91. The van der Waals surface area contributed by atoms with Crippen molar-refractivity contribution in [3.8, 4) is 5.75 Å². The number of rotatable bonds is 6. The largest absolute Gasteiger partial charge is 0.490 e. The van der Waals surface area contributed by atoms with Gasteiger partial charge in [0.05, 0.1) is 12.0 Å². The van der Waals surface area contributed by atoms with Crippen molar-refractivity contribution < 1.29 is 9.66 Å². The Bertz CT molecular complexity index is 430. The summed E-state index contributed by atoms with van der Waals surface area (Å²) in [5, 5.41) is 14.3. The Morgan fingerprint density at radius 3 is 2.61 bits per heavy atom. The van der Waals surface area contributed by atoms with E-state index in [1.807, 2.05) is 6.07 Å². The number of nitro benzene ring substituents is 1. The van der Waals surface area contributed by atoms with E-state index in [1.54, 1.807) is 12.1 Å². The Morgan fingerprint density at radius 1 is 1.44 bits per heavy atom. The van der Waals surface area contributed by atoms with Gasteiger partial charge in [-0.1, -0.05) is 13.0 Å². The zero-order valence-electron chi connectivity index (χ0n) is 11.3. The van der Waals surface area contributed by atoms with E-state index >= 15 is 0 Å². The van der Waals surface area contributed by atoms with Crippen molar-refractivity contribution in [3.63, 3.8) is 0 Å². The van der Waals surface area contributed by atoms with E-state index in [-0.39, 0.29) is 11.2 Å². The minimum absolute atomic E-state index is 0.00565. The molecule has 0 amide bonds. The Labute approximate surface area is 107 Å². The van der Waals surface area contributed by atoms with E-state index in [0.29, 0.717) is 12.3 Å². The van der Waals surface area contributed by atoms with Crippen molar-refractivity contribution in [3.05, 3.63) is 33.9 Å². The average molecular weight is 252 g/mol. The van der Waals surface area contributed by atoms with Gasteiger partial charge in [0.25, 0.3) is 0 Å². The van der Waals surface area contributed by atoms with Crippen molar-refractivity contribution in [1.29, 1.82) is 0 Å². The first kappa shape index (κ1) is 14.4. The molecule has 0 aliphatic heterocycles. The fourth-order valence-corrected chi connectivity index (χ4v) is 1.45. The predicted octanol–water partition coefficient (Wildman–Crippen LogP) is 2.88. The van der Waals surface area contributed by atoms with Gasteiger partial charge in [-0.25, -0.2) is 0 Å². The molecule has 1 aromatic carbocycles. The molecule has 0 saturated heterocycles. The van der Waals surface area contributed by atoms with Crippen LogP contribution in [0.1, 0.15) is 32.8 Å². The summed E-state index contributed by atoms with van der Waals surface area (Å²) in [5.41, 5.74) is 0.907. The molecule has 0 fully saturated rings. The molecule has 0 heterocycles. The number of nitrogens with one attached hydrogen (secondary N) is 1. The molecule has 0 atom stereocenters. The molecule has 0 radical (unpaired) electrons. The van der Waals surface area contributed by atoms with E-state index in [1.165, 1.54) is 7.11 Å². The number of hydrogen-bond donors (Lipinski definition) is 1. The summed E-state index contributed by atoms with van der Waals surface area (Å²) < 4.78 is 4.97. The van der Waals surface area contributed by atoms with Gasteiger partial charge in [-0.3, -0.25) is 10.1 Å². The van der Waals surface area contributed by atoms with Crippen molar-refractivity contribution in [2.45, 2.75) is 39.3 Å². The lowest BCUT2D eigenvalue weighted by Gasteiger charge is -2.24. The van der Waals surface area contributed by atoms with Crippen LogP contribution in [0, 0.1) is 10.1 Å². The van der Waals surface area contributed by atoms with E-state index in [4.69, 9.17) is 4.74 Å². The van der Waals surface area contributed by atoms with Gasteiger partial charge in [0, 0.05) is 18.2 Å². The van der Waals surface area contributed by atoms with Gasteiger partial charge >= 0.3 is 5.69 Å². The lowest BCUT2D eigenvalue weighted by atomic mass is 10.0. The van der Waals surface area contributed by atoms with Gasteiger partial charge in [-0.15, -0.1) is 0 Å². The second-order valence-electron chi connectivity index (χ2n) is 4.85. The SMILES string of the molecule is CCC(C)(C)NCc1ccc(OC)c([N+](=O)[O-])c1. The van der Waals surface area contributed by atoms with E-state index in [9.17, 15) is 10.1 Å². The topological polar surface area (TPSA) is 64.4 Å². The molecule has 0 spiro atoms. The molecule has 18 heavy (non-hydrogen) atoms. The molecule has 5 heteroatoms. The summed E-state index contributed by atoms with van der Waals surface area (Å²) in [7, 11) is 1.43. The fraction of sp³-hybridized carbons (Fsp3) is 0.538. The second-order valence-corrected chi connectivity index (χ2v) is 4.85. The quantitative estimate of drug-likeness (QED) is 0.624. The molecule has 0 aliphatic carbocycles. The number of nitro groups is 1. The average Bonchev–Trinajstić information content (AvgIpc) is 2.36. The maximum absolute atomic E-state index is 10.9. The molecule has 5 nitrogen and oxygen atoms in total. The second kappa shape index (κ2) is 5.82. The van der Waals surface area contributed by atoms with Gasteiger partial charge in [0.2, 0.25) is 0 Å². The number of benzene rings is 1. The first-order chi connectivity index (χ1) is 8.39. The van der Waals surface area contributed by atoms with Crippen LogP contribution in [0.5, 0.6) is 5.75 Å². The van der Waals surface area contributed by atoms with Crippen LogP contribution < -0.4 is 10.1 Å². The van der Waals surface area contributed by atoms with Gasteiger partial charge in [0.15, 0.2) is 5.75 Å². The van der Waals surface area contributed by atoms with Crippen LogP contribution in [-0.4, -0.2) is 17.6 Å². The van der Waals surface area contributed by atoms with Gasteiger partial charge in [0.1, 0.15) is 0 Å². The van der Waals surface area contributed by atoms with E-state index in [0.717, 1.165) is 12.0 Å². The number of methoxy groups -OCH3 is 1. The summed E-state index contributed by atoms with van der Waals surface area (Å²) >= 11 is 0. The lowest BCUT2D eigenvalue weighted by molar-refractivity contribution is -0.385. The number of nitrogens with zero attached hydrogens (tertiary/aromatic N) is 1. The maximum atomic E-state index is 10.9. The molecule has 0 saturated carbocycles. The van der Waals surface area contributed by atoms with Gasteiger partial charge in [-0.2, -0.15) is 0 Å². The lowest BCUT2D eigenvalue weighted by Crippen LogP contribution is -2.37. The van der Waals surface area contributed by atoms with Crippen LogP contribution in [0.4, 0.5) is 5.69 Å². The van der Waals surface area contributed by atoms with Crippen LogP contribution in [0.25, 0.3) is 0 Å². The highest BCUT2D eigenvalue weighted by molar-refractivity contribution is 5.48. The van der Waals surface area contributed by atoms with Crippen molar-refractivity contribution >= 4 is 5.69 Å². The van der Waals surface area contributed by atoms with Crippen LogP contribution in [0.2, 0.25) is 0 Å². The highest BCUT2D eigenvalue weighted by Gasteiger charge is 2.17. The summed E-state index contributed by atoms with van der Waals surface area (Å²) in [4.78, 5) is 10.5. The fourth-order valence-electron chi connectivity index (χ4n) is 1.45. The normalized spacial score (nSPS) is 11.3. The first-order valence-corrected chi connectivity index (χ1v) is 5.96. The minimum Gasteiger partial charge on any atom is -0.490 e. The Balaban J connectivity index is 2.86. The monoisotopic (exact) mass is 252 g/mol. The van der Waals surface area contributed by atoms with E-state index < -0.39 is 4.92 Å². The Morgan fingerprint density at radius 2 is 2.11 bits per heavy atom. The zero-order chi connectivity index (χ0) is 13.8. The molecule has 1 rings (SSSR count). The molecular formula is C13H20N2O3. The molecule has 0 bridgehead atoms. The van der Waals surface area contributed by atoms with Gasteiger partial charge in [-0.05, 0) is 31.9 Å². The molecule has 100 valence electrons. The molecular weight excluding hydrogens is 232 g/mol. The van der Waals surface area contributed by atoms with Crippen molar-refractivity contribution in [1.82, 2.24) is 5.32 Å². The molecule has 1 aromatic rings. The van der Waals surface area contributed by atoms with Crippen LogP contribution >= 0.6 is 0 Å². The van der Waals surface area contributed by atoms with Crippen molar-refractivity contribution in [2.75, 3.05) is 7.11 Å². The summed E-state index contributed by atoms with van der Waals surface area (Å²) in [6, 6.07) is 5.02. The molecule has 0 unspecified atom stereocenters. The summed E-state index contributed by atoms with van der Waals surface area (Å²) in [6.07, 6.45) is 0.991. The van der Waals surface area contributed by atoms with Gasteiger partial charge < -0.3 is 10.1 Å². The van der Waals surface area contributed by atoms with Crippen LogP contribution in [0.3, 0.4) is 0 Å². The maximum Gasteiger partial charge on any atom is 0.311 e. The van der Waals surface area contributed by atoms with E-state index in [2.05, 4.69) is 26.1 Å². The summed E-state index contributed by atoms with van der Waals surface area (Å²) in [5.74, 6) is 0.290. The first-order valence-electron chi connectivity index (χ1n) is 5.96. The number of hydrogen-bond acceptors (Lipinski definition) is 4. The predicted molar refractivity (Wildman–Crippen MR) is 70.9 cm³/mol. The smallest absolute Gasteiger partial charge is 0.311 e. The zero-order valence-corrected chi connectivity index (χ0v) is 11.3. The molecule has 1 N–H and O–H groups in total. The third kappa shape index (κ3) is 3.70. The molecule has 0 aromatic heterocycles. The minimum atomic E-state index is -0.423. The Kier molecular flexibility index (Phi) is 4.67. The van der Waals surface area contributed by atoms with Crippen LogP contribution in [-0.2, 0) is 6.54 Å². The Hall–Kier alpha value is -1.62. The standard InChI is InChI=1S/C13H20N2O3/c1-5-13(2,3)14-9-10-6-7-12(18-4)11(8-10)15(16)17/h6-8,14H,5,9H2,1-4H3. The highest BCUT2D eigenvalue weighted by atomic mass is 16.6. The third-order valence-corrected chi connectivity index (χ3v) is 3.09. The number of ether oxygens (including phenoxy) is 1. The van der Waals surface area contributed by atoms with Crippen molar-refractivity contribution in [2.24, 2.45) is 0 Å². The molecule has 0 aliphatic rings. The third-order valence-electron chi connectivity index (χ3n) is 3.09. The van der Waals surface area contributed by atoms with Crippen LogP contribution in [0.15, 0.2) is 18.2 Å². The highest BCUT2D eigenvalue weighted by Crippen LogP contribution is 2.27.